The molecule has 0 fully saturated rings. The Kier molecular flexibility index (Phi) is 5.02. The summed E-state index contributed by atoms with van der Waals surface area (Å²) in [6, 6.07) is 5.78. The smallest absolute Gasteiger partial charge is 0.161 e. The second kappa shape index (κ2) is 6.76. The van der Waals surface area contributed by atoms with E-state index >= 15 is 0 Å². The monoisotopic (exact) mass is 306 g/mol. The lowest BCUT2D eigenvalue weighted by molar-refractivity contribution is 0.354. The van der Waals surface area contributed by atoms with Crippen LogP contribution in [-0.2, 0) is 12.8 Å². The van der Waals surface area contributed by atoms with Gasteiger partial charge in [-0.1, -0.05) is 24.6 Å². The van der Waals surface area contributed by atoms with Gasteiger partial charge < -0.3 is 9.47 Å². The van der Waals surface area contributed by atoms with E-state index in [0.717, 1.165) is 23.2 Å². The Bertz CT molecular complexity index is 621. The fraction of sp³-hybridized carbons (Fsp3) is 0.375. The maximum absolute atomic E-state index is 6.21. The third-order valence-electron chi connectivity index (χ3n) is 3.37. The van der Waals surface area contributed by atoms with E-state index in [0.29, 0.717) is 28.9 Å². The van der Waals surface area contributed by atoms with Crippen LogP contribution in [0.4, 0.5) is 0 Å². The number of aryl methyl sites for hydroxylation is 1. The molecule has 4 nitrogen and oxygen atoms in total. The molecular formula is C16H19ClN2O2. The second-order valence-corrected chi connectivity index (χ2v) is 5.07. The molecule has 2 rings (SSSR count). The van der Waals surface area contributed by atoms with E-state index in [1.807, 2.05) is 32.0 Å². The van der Waals surface area contributed by atoms with Gasteiger partial charge in [0.25, 0.3) is 0 Å². The van der Waals surface area contributed by atoms with E-state index in [9.17, 15) is 0 Å². The Balaban J connectivity index is 2.30. The predicted molar refractivity (Wildman–Crippen MR) is 83.5 cm³/mol. The Hall–Kier alpha value is -1.81. The zero-order chi connectivity index (χ0) is 15.4. The van der Waals surface area contributed by atoms with Crippen molar-refractivity contribution in [1.29, 1.82) is 0 Å². The van der Waals surface area contributed by atoms with Crippen molar-refractivity contribution in [3.63, 3.8) is 0 Å². The summed E-state index contributed by atoms with van der Waals surface area (Å²) in [5.41, 5.74) is 2.99. The fourth-order valence-corrected chi connectivity index (χ4v) is 2.64. The van der Waals surface area contributed by atoms with E-state index in [-0.39, 0.29) is 0 Å². The van der Waals surface area contributed by atoms with Gasteiger partial charge in [0.2, 0.25) is 0 Å². The molecule has 0 spiro atoms. The van der Waals surface area contributed by atoms with Crippen LogP contribution < -0.4 is 9.47 Å². The molecule has 21 heavy (non-hydrogen) atoms. The number of hydrogen-bond donors (Lipinski definition) is 0. The standard InChI is InChI=1S/C16H19ClN2O2/c1-5-12-10(2)18-15(19-16(12)17)9-11-6-7-13(20-3)14(8-11)21-4/h6-8H,5,9H2,1-4H3. The van der Waals surface area contributed by atoms with Crippen LogP contribution in [0, 0.1) is 6.92 Å². The molecule has 1 aromatic heterocycles. The van der Waals surface area contributed by atoms with Crippen LogP contribution in [0.5, 0.6) is 11.5 Å². The summed E-state index contributed by atoms with van der Waals surface area (Å²) in [6.45, 7) is 4.01. The van der Waals surface area contributed by atoms with Gasteiger partial charge in [-0.3, -0.25) is 0 Å². The van der Waals surface area contributed by atoms with Crippen molar-refractivity contribution < 1.29 is 9.47 Å². The van der Waals surface area contributed by atoms with Crippen LogP contribution in [0.2, 0.25) is 5.15 Å². The van der Waals surface area contributed by atoms with Crippen molar-refractivity contribution in [2.24, 2.45) is 0 Å². The number of halogens is 1. The molecule has 0 radical (unpaired) electrons. The highest BCUT2D eigenvalue weighted by Gasteiger charge is 2.10. The highest BCUT2D eigenvalue weighted by molar-refractivity contribution is 6.30. The highest BCUT2D eigenvalue weighted by Crippen LogP contribution is 2.28. The summed E-state index contributed by atoms with van der Waals surface area (Å²) in [7, 11) is 3.24. The molecule has 0 aliphatic heterocycles. The number of aromatic nitrogens is 2. The van der Waals surface area contributed by atoms with Crippen molar-refractivity contribution in [2.45, 2.75) is 26.7 Å². The molecule has 0 unspecified atom stereocenters. The summed E-state index contributed by atoms with van der Waals surface area (Å²) >= 11 is 6.21. The number of nitrogens with zero attached hydrogens (tertiary/aromatic N) is 2. The lowest BCUT2D eigenvalue weighted by Gasteiger charge is -2.10. The van der Waals surface area contributed by atoms with E-state index in [1.165, 1.54) is 0 Å². The number of ether oxygens (including phenoxy) is 2. The third-order valence-corrected chi connectivity index (χ3v) is 3.69. The quantitative estimate of drug-likeness (QED) is 0.792. The van der Waals surface area contributed by atoms with Gasteiger partial charge in [-0.2, -0.15) is 0 Å². The van der Waals surface area contributed by atoms with E-state index in [1.54, 1.807) is 14.2 Å². The van der Waals surface area contributed by atoms with Crippen LogP contribution in [-0.4, -0.2) is 24.2 Å². The first-order valence-corrected chi connectivity index (χ1v) is 7.19. The van der Waals surface area contributed by atoms with Gasteiger partial charge in [0.15, 0.2) is 11.5 Å². The lowest BCUT2D eigenvalue weighted by Crippen LogP contribution is -2.03. The molecule has 0 amide bonds. The lowest BCUT2D eigenvalue weighted by atomic mass is 10.1. The predicted octanol–water partition coefficient (Wildman–Crippen LogP) is 3.61. The molecule has 2 aromatic rings. The van der Waals surface area contributed by atoms with Crippen LogP contribution >= 0.6 is 11.6 Å². The van der Waals surface area contributed by atoms with Crippen LogP contribution in [0.15, 0.2) is 18.2 Å². The average Bonchev–Trinajstić information content (AvgIpc) is 2.46. The molecule has 0 atom stereocenters. The molecule has 0 bridgehead atoms. The van der Waals surface area contributed by atoms with E-state index < -0.39 is 0 Å². The van der Waals surface area contributed by atoms with Crippen LogP contribution in [0.3, 0.4) is 0 Å². The Morgan fingerprint density at radius 2 is 1.81 bits per heavy atom. The summed E-state index contributed by atoms with van der Waals surface area (Å²) in [5.74, 6) is 2.11. The first-order chi connectivity index (χ1) is 10.1. The van der Waals surface area contributed by atoms with Gasteiger partial charge in [-0.15, -0.1) is 0 Å². The minimum absolute atomic E-state index is 0.542. The Morgan fingerprint density at radius 3 is 2.38 bits per heavy atom. The minimum Gasteiger partial charge on any atom is -0.493 e. The molecule has 1 aromatic carbocycles. The first-order valence-electron chi connectivity index (χ1n) is 6.81. The first kappa shape index (κ1) is 15.6. The number of hydrogen-bond acceptors (Lipinski definition) is 4. The Morgan fingerprint density at radius 1 is 1.10 bits per heavy atom. The van der Waals surface area contributed by atoms with Gasteiger partial charge in [-0.05, 0) is 31.0 Å². The summed E-state index contributed by atoms with van der Waals surface area (Å²) in [6.07, 6.45) is 1.44. The molecule has 0 aliphatic carbocycles. The van der Waals surface area contributed by atoms with Gasteiger partial charge in [0.1, 0.15) is 11.0 Å². The van der Waals surface area contributed by atoms with Gasteiger partial charge in [-0.25, -0.2) is 9.97 Å². The number of benzene rings is 1. The highest BCUT2D eigenvalue weighted by atomic mass is 35.5. The molecular weight excluding hydrogens is 288 g/mol. The summed E-state index contributed by atoms with van der Waals surface area (Å²) in [4.78, 5) is 8.91. The van der Waals surface area contributed by atoms with Crippen LogP contribution in [0.25, 0.3) is 0 Å². The summed E-state index contributed by atoms with van der Waals surface area (Å²) in [5, 5.41) is 0.542. The van der Waals surface area contributed by atoms with Crippen molar-refractivity contribution in [3.8, 4) is 11.5 Å². The maximum Gasteiger partial charge on any atom is 0.161 e. The average molecular weight is 307 g/mol. The molecule has 0 saturated heterocycles. The number of rotatable bonds is 5. The van der Waals surface area contributed by atoms with Crippen LogP contribution in [0.1, 0.15) is 29.6 Å². The topological polar surface area (TPSA) is 44.2 Å². The van der Waals surface area contributed by atoms with Crippen molar-refractivity contribution in [2.75, 3.05) is 14.2 Å². The van der Waals surface area contributed by atoms with Crippen molar-refractivity contribution in [3.05, 3.63) is 46.0 Å². The van der Waals surface area contributed by atoms with Gasteiger partial charge in [0, 0.05) is 17.7 Å². The molecule has 1 heterocycles. The zero-order valence-electron chi connectivity index (χ0n) is 12.7. The second-order valence-electron chi connectivity index (χ2n) is 4.71. The van der Waals surface area contributed by atoms with Gasteiger partial charge in [0.05, 0.1) is 14.2 Å². The maximum atomic E-state index is 6.21. The summed E-state index contributed by atoms with van der Waals surface area (Å²) < 4.78 is 10.5. The van der Waals surface area contributed by atoms with E-state index in [4.69, 9.17) is 21.1 Å². The van der Waals surface area contributed by atoms with E-state index in [2.05, 4.69) is 9.97 Å². The zero-order valence-corrected chi connectivity index (χ0v) is 13.5. The molecule has 112 valence electrons. The van der Waals surface area contributed by atoms with Gasteiger partial charge >= 0.3 is 0 Å². The molecule has 0 aliphatic rings. The Labute approximate surface area is 130 Å². The molecule has 5 heteroatoms. The SMILES string of the molecule is CCc1c(C)nc(Cc2ccc(OC)c(OC)c2)nc1Cl. The fourth-order valence-electron chi connectivity index (χ4n) is 2.27. The number of methoxy groups -OCH3 is 2. The third kappa shape index (κ3) is 3.45. The van der Waals surface area contributed by atoms with Crippen molar-refractivity contribution >= 4 is 11.6 Å². The molecule has 0 saturated carbocycles. The molecule has 0 N–H and O–H groups in total. The normalized spacial score (nSPS) is 10.5. The van der Waals surface area contributed by atoms with Crippen molar-refractivity contribution in [1.82, 2.24) is 9.97 Å². The minimum atomic E-state index is 0.542. The largest absolute Gasteiger partial charge is 0.493 e.